The molecular weight excluding hydrogens is 308 g/mol. The standard InChI is InChI=1S/C17H22N4O3/c1-11-16(12(2)21(5)19-11)18-15(22)10-24-17(23)13-6-8-14(9-7-13)20(3)4/h6-9H,10H2,1-5H3,(H,18,22). The second-order valence-electron chi connectivity index (χ2n) is 5.74. The molecular formula is C17H22N4O3. The van der Waals surface area contributed by atoms with Gasteiger partial charge in [-0.2, -0.15) is 5.10 Å². The number of carbonyl (C=O) groups excluding carboxylic acids is 2. The first-order chi connectivity index (χ1) is 11.3. The Bertz CT molecular complexity index is 748. The Balaban J connectivity index is 1.92. The van der Waals surface area contributed by atoms with Crippen LogP contribution in [0.25, 0.3) is 0 Å². The van der Waals surface area contributed by atoms with Crippen LogP contribution in [0.15, 0.2) is 24.3 Å². The van der Waals surface area contributed by atoms with Crippen molar-refractivity contribution in [3.05, 3.63) is 41.2 Å². The van der Waals surface area contributed by atoms with Gasteiger partial charge in [0.25, 0.3) is 5.91 Å². The van der Waals surface area contributed by atoms with Crippen LogP contribution in [0, 0.1) is 13.8 Å². The predicted molar refractivity (Wildman–Crippen MR) is 92.4 cm³/mol. The molecule has 2 aromatic rings. The van der Waals surface area contributed by atoms with Gasteiger partial charge in [-0.25, -0.2) is 4.79 Å². The molecule has 0 radical (unpaired) electrons. The lowest BCUT2D eigenvalue weighted by Crippen LogP contribution is -2.21. The topological polar surface area (TPSA) is 76.5 Å². The molecule has 0 spiro atoms. The molecule has 0 unspecified atom stereocenters. The molecule has 2 rings (SSSR count). The van der Waals surface area contributed by atoms with Crippen LogP contribution < -0.4 is 10.2 Å². The maximum absolute atomic E-state index is 12.0. The molecule has 7 heteroatoms. The van der Waals surface area contributed by atoms with Crippen LogP contribution in [0.4, 0.5) is 11.4 Å². The Morgan fingerprint density at radius 2 is 1.83 bits per heavy atom. The van der Waals surface area contributed by atoms with Crippen molar-refractivity contribution < 1.29 is 14.3 Å². The van der Waals surface area contributed by atoms with Crippen molar-refractivity contribution in [2.75, 3.05) is 30.9 Å². The zero-order valence-corrected chi connectivity index (χ0v) is 14.6. The summed E-state index contributed by atoms with van der Waals surface area (Å²) in [4.78, 5) is 25.9. The number of hydrogen-bond acceptors (Lipinski definition) is 5. The van der Waals surface area contributed by atoms with Gasteiger partial charge in [0.1, 0.15) is 0 Å². The number of nitrogens with zero attached hydrogens (tertiary/aromatic N) is 3. The summed E-state index contributed by atoms with van der Waals surface area (Å²) in [5.41, 5.74) is 3.59. The molecule has 0 saturated carbocycles. The van der Waals surface area contributed by atoms with E-state index in [-0.39, 0.29) is 6.61 Å². The van der Waals surface area contributed by atoms with E-state index in [1.165, 1.54) is 0 Å². The van der Waals surface area contributed by atoms with E-state index in [4.69, 9.17) is 4.74 Å². The lowest BCUT2D eigenvalue weighted by atomic mass is 10.2. The molecule has 0 saturated heterocycles. The SMILES string of the molecule is Cc1nn(C)c(C)c1NC(=O)COC(=O)c1ccc(N(C)C)cc1. The number of esters is 1. The quantitative estimate of drug-likeness (QED) is 0.847. The van der Waals surface area contributed by atoms with Gasteiger partial charge in [0, 0.05) is 26.8 Å². The maximum Gasteiger partial charge on any atom is 0.338 e. The zero-order chi connectivity index (χ0) is 17.9. The number of aromatic nitrogens is 2. The average molecular weight is 330 g/mol. The fraction of sp³-hybridized carbons (Fsp3) is 0.353. The third kappa shape index (κ3) is 3.92. The van der Waals surface area contributed by atoms with E-state index in [0.29, 0.717) is 16.9 Å². The van der Waals surface area contributed by atoms with Crippen LogP contribution in [0.3, 0.4) is 0 Å². The van der Waals surface area contributed by atoms with Gasteiger partial charge in [0.2, 0.25) is 0 Å². The van der Waals surface area contributed by atoms with Crippen molar-refractivity contribution in [3.63, 3.8) is 0 Å². The van der Waals surface area contributed by atoms with Crippen LogP contribution in [0.5, 0.6) is 0 Å². The second-order valence-corrected chi connectivity index (χ2v) is 5.74. The summed E-state index contributed by atoms with van der Waals surface area (Å²) in [5, 5.41) is 6.94. The Kier molecular flexibility index (Phi) is 5.23. The monoisotopic (exact) mass is 330 g/mol. The Morgan fingerprint density at radius 1 is 1.21 bits per heavy atom. The lowest BCUT2D eigenvalue weighted by molar-refractivity contribution is -0.119. The Labute approximate surface area is 141 Å². The molecule has 1 N–H and O–H groups in total. The molecule has 0 bridgehead atoms. The average Bonchev–Trinajstić information content (AvgIpc) is 2.79. The molecule has 7 nitrogen and oxygen atoms in total. The zero-order valence-electron chi connectivity index (χ0n) is 14.6. The highest BCUT2D eigenvalue weighted by Crippen LogP contribution is 2.18. The minimum absolute atomic E-state index is 0.345. The van der Waals surface area contributed by atoms with E-state index < -0.39 is 11.9 Å². The minimum atomic E-state index is -0.532. The van der Waals surface area contributed by atoms with Crippen LogP contribution in [0.1, 0.15) is 21.7 Å². The lowest BCUT2D eigenvalue weighted by Gasteiger charge is -2.12. The van der Waals surface area contributed by atoms with Gasteiger partial charge < -0.3 is 15.0 Å². The van der Waals surface area contributed by atoms with Crippen molar-refractivity contribution in [2.45, 2.75) is 13.8 Å². The van der Waals surface area contributed by atoms with Gasteiger partial charge in [-0.05, 0) is 38.1 Å². The first kappa shape index (κ1) is 17.5. The largest absolute Gasteiger partial charge is 0.452 e. The van der Waals surface area contributed by atoms with E-state index in [2.05, 4.69) is 10.4 Å². The number of ether oxygens (including phenoxy) is 1. The summed E-state index contributed by atoms with van der Waals surface area (Å²) in [7, 11) is 5.63. The molecule has 128 valence electrons. The van der Waals surface area contributed by atoms with Crippen molar-refractivity contribution in [1.82, 2.24) is 9.78 Å². The van der Waals surface area contributed by atoms with Crippen molar-refractivity contribution >= 4 is 23.3 Å². The maximum atomic E-state index is 12.0. The molecule has 1 aromatic heterocycles. The summed E-state index contributed by atoms with van der Waals surface area (Å²) in [6.45, 7) is 3.32. The van der Waals surface area contributed by atoms with E-state index in [0.717, 1.165) is 11.4 Å². The fourth-order valence-electron chi connectivity index (χ4n) is 2.24. The van der Waals surface area contributed by atoms with Gasteiger partial charge in [-0.3, -0.25) is 9.48 Å². The summed E-state index contributed by atoms with van der Waals surface area (Å²) in [6, 6.07) is 6.98. The van der Waals surface area contributed by atoms with Crippen LogP contribution in [-0.2, 0) is 16.6 Å². The van der Waals surface area contributed by atoms with Crippen molar-refractivity contribution in [2.24, 2.45) is 7.05 Å². The number of amides is 1. The number of nitrogens with one attached hydrogen (secondary N) is 1. The molecule has 0 atom stereocenters. The fourth-order valence-corrected chi connectivity index (χ4v) is 2.24. The van der Waals surface area contributed by atoms with Crippen LogP contribution in [-0.4, -0.2) is 42.4 Å². The van der Waals surface area contributed by atoms with Gasteiger partial charge in [-0.15, -0.1) is 0 Å². The first-order valence-electron chi connectivity index (χ1n) is 7.54. The summed E-state index contributed by atoms with van der Waals surface area (Å²) >= 11 is 0. The van der Waals surface area contributed by atoms with E-state index >= 15 is 0 Å². The van der Waals surface area contributed by atoms with Gasteiger partial charge in [0.05, 0.1) is 22.6 Å². The highest BCUT2D eigenvalue weighted by molar-refractivity contribution is 5.96. The third-order valence-electron chi connectivity index (χ3n) is 3.73. The van der Waals surface area contributed by atoms with Crippen molar-refractivity contribution in [1.29, 1.82) is 0 Å². The number of carbonyl (C=O) groups is 2. The molecule has 0 aliphatic rings. The minimum Gasteiger partial charge on any atom is -0.452 e. The number of anilines is 2. The Morgan fingerprint density at radius 3 is 2.33 bits per heavy atom. The number of benzene rings is 1. The molecule has 1 aromatic carbocycles. The Hall–Kier alpha value is -2.83. The summed E-state index contributed by atoms with van der Waals surface area (Å²) < 4.78 is 6.74. The summed E-state index contributed by atoms with van der Waals surface area (Å²) in [5.74, 6) is -0.928. The number of rotatable bonds is 5. The summed E-state index contributed by atoms with van der Waals surface area (Å²) in [6.07, 6.45) is 0. The second kappa shape index (κ2) is 7.16. The van der Waals surface area contributed by atoms with Crippen LogP contribution in [0.2, 0.25) is 0 Å². The molecule has 1 amide bonds. The normalized spacial score (nSPS) is 10.4. The molecule has 0 aliphatic heterocycles. The van der Waals surface area contributed by atoms with Crippen LogP contribution >= 0.6 is 0 Å². The highest BCUT2D eigenvalue weighted by atomic mass is 16.5. The van der Waals surface area contributed by atoms with Crippen molar-refractivity contribution in [3.8, 4) is 0 Å². The van der Waals surface area contributed by atoms with E-state index in [1.54, 1.807) is 30.8 Å². The van der Waals surface area contributed by atoms with Gasteiger partial charge >= 0.3 is 5.97 Å². The van der Waals surface area contributed by atoms with E-state index in [1.807, 2.05) is 38.1 Å². The molecule has 0 aliphatic carbocycles. The number of hydrogen-bond donors (Lipinski definition) is 1. The molecule has 1 heterocycles. The first-order valence-corrected chi connectivity index (χ1v) is 7.54. The number of aryl methyl sites for hydroxylation is 2. The highest BCUT2D eigenvalue weighted by Gasteiger charge is 2.14. The smallest absolute Gasteiger partial charge is 0.338 e. The van der Waals surface area contributed by atoms with Gasteiger partial charge in [0.15, 0.2) is 6.61 Å². The molecule has 0 fully saturated rings. The van der Waals surface area contributed by atoms with E-state index in [9.17, 15) is 9.59 Å². The predicted octanol–water partition coefficient (Wildman–Crippen LogP) is 1.90. The van der Waals surface area contributed by atoms with Gasteiger partial charge in [-0.1, -0.05) is 0 Å². The third-order valence-corrected chi connectivity index (χ3v) is 3.73. The molecule has 24 heavy (non-hydrogen) atoms.